The standard InChI is InChI=1S/C23H20N4O5S/c1-30-16-10-11-17(18(13-16)31-2)24-20(28)14-32-23(29)21-25-22(19-9-6-12-33-19)27(26-21)15-7-4-3-5-8-15/h3-13H,14H2,1-2H3,(H,24,28). The van der Waals surface area contributed by atoms with Crippen LogP contribution in [0.1, 0.15) is 10.6 Å². The lowest BCUT2D eigenvalue weighted by Gasteiger charge is -2.11. The molecule has 0 saturated heterocycles. The minimum Gasteiger partial charge on any atom is -0.497 e. The van der Waals surface area contributed by atoms with Crippen LogP contribution in [0.4, 0.5) is 5.69 Å². The van der Waals surface area contributed by atoms with Crippen LogP contribution in [0.15, 0.2) is 66.0 Å². The number of benzene rings is 2. The molecule has 1 amide bonds. The number of para-hydroxylation sites is 1. The Balaban J connectivity index is 1.47. The Kier molecular flexibility index (Phi) is 6.65. The van der Waals surface area contributed by atoms with Crippen molar-refractivity contribution in [3.05, 3.63) is 71.9 Å². The minimum absolute atomic E-state index is 0.142. The van der Waals surface area contributed by atoms with E-state index in [4.69, 9.17) is 14.2 Å². The molecule has 0 aliphatic carbocycles. The van der Waals surface area contributed by atoms with E-state index in [0.29, 0.717) is 23.0 Å². The van der Waals surface area contributed by atoms with Gasteiger partial charge in [0.1, 0.15) is 11.5 Å². The lowest BCUT2D eigenvalue weighted by molar-refractivity contribution is -0.119. The van der Waals surface area contributed by atoms with Crippen molar-refractivity contribution >= 4 is 28.9 Å². The zero-order valence-corrected chi connectivity index (χ0v) is 18.7. The van der Waals surface area contributed by atoms with Crippen LogP contribution in [0.3, 0.4) is 0 Å². The zero-order chi connectivity index (χ0) is 23.2. The molecule has 4 rings (SSSR count). The molecule has 0 saturated carbocycles. The summed E-state index contributed by atoms with van der Waals surface area (Å²) in [5, 5.41) is 8.87. The second-order valence-corrected chi connectivity index (χ2v) is 7.62. The first-order valence-electron chi connectivity index (χ1n) is 9.84. The van der Waals surface area contributed by atoms with Gasteiger partial charge < -0.3 is 19.5 Å². The van der Waals surface area contributed by atoms with E-state index in [1.165, 1.54) is 25.6 Å². The summed E-state index contributed by atoms with van der Waals surface area (Å²) in [7, 11) is 3.01. The van der Waals surface area contributed by atoms with Gasteiger partial charge >= 0.3 is 5.97 Å². The van der Waals surface area contributed by atoms with Gasteiger partial charge in [-0.1, -0.05) is 24.3 Å². The van der Waals surface area contributed by atoms with Gasteiger partial charge in [-0.15, -0.1) is 16.4 Å². The average Bonchev–Trinajstić information content (AvgIpc) is 3.53. The normalized spacial score (nSPS) is 10.5. The molecule has 0 spiro atoms. The van der Waals surface area contributed by atoms with Gasteiger partial charge in [0.15, 0.2) is 12.4 Å². The lowest BCUT2D eigenvalue weighted by atomic mass is 10.2. The number of thiophene rings is 1. The third-order valence-corrected chi connectivity index (χ3v) is 5.41. The molecule has 10 heteroatoms. The van der Waals surface area contributed by atoms with Crippen molar-refractivity contribution in [2.45, 2.75) is 0 Å². The molecule has 33 heavy (non-hydrogen) atoms. The molecule has 0 atom stereocenters. The molecule has 9 nitrogen and oxygen atoms in total. The Morgan fingerprint density at radius 2 is 1.85 bits per heavy atom. The van der Waals surface area contributed by atoms with Crippen molar-refractivity contribution < 1.29 is 23.8 Å². The van der Waals surface area contributed by atoms with Gasteiger partial charge in [0.25, 0.3) is 11.7 Å². The van der Waals surface area contributed by atoms with Crippen molar-refractivity contribution in [2.24, 2.45) is 0 Å². The summed E-state index contributed by atoms with van der Waals surface area (Å²) in [4.78, 5) is 30.1. The van der Waals surface area contributed by atoms with Crippen LogP contribution in [0.5, 0.6) is 11.5 Å². The molecule has 2 aromatic carbocycles. The number of hydrogen-bond donors (Lipinski definition) is 1. The predicted octanol–water partition coefficient (Wildman–Crippen LogP) is 3.81. The van der Waals surface area contributed by atoms with Crippen molar-refractivity contribution in [1.82, 2.24) is 14.8 Å². The highest BCUT2D eigenvalue weighted by Gasteiger charge is 2.21. The largest absolute Gasteiger partial charge is 0.497 e. The first-order chi connectivity index (χ1) is 16.1. The van der Waals surface area contributed by atoms with E-state index in [9.17, 15) is 9.59 Å². The van der Waals surface area contributed by atoms with Gasteiger partial charge in [0.05, 0.1) is 30.5 Å². The van der Waals surface area contributed by atoms with E-state index in [1.54, 1.807) is 22.9 Å². The molecular formula is C23H20N4O5S. The van der Waals surface area contributed by atoms with E-state index in [1.807, 2.05) is 47.8 Å². The molecule has 0 aliphatic rings. The Bertz CT molecular complexity index is 1260. The number of nitrogens with zero attached hydrogens (tertiary/aromatic N) is 3. The summed E-state index contributed by atoms with van der Waals surface area (Å²) in [6, 6.07) is 18.1. The molecule has 0 bridgehead atoms. The van der Waals surface area contributed by atoms with Gasteiger partial charge in [-0.2, -0.15) is 4.98 Å². The third kappa shape index (κ3) is 5.01. The SMILES string of the molecule is COc1ccc(NC(=O)COC(=O)c2nc(-c3cccs3)n(-c3ccccc3)n2)c(OC)c1. The number of carbonyl (C=O) groups is 2. The second kappa shape index (κ2) is 9.96. The highest BCUT2D eigenvalue weighted by Crippen LogP contribution is 2.29. The van der Waals surface area contributed by atoms with Crippen molar-refractivity contribution in [3.8, 4) is 27.9 Å². The summed E-state index contributed by atoms with van der Waals surface area (Å²) >= 11 is 1.48. The lowest BCUT2D eigenvalue weighted by Crippen LogP contribution is -2.21. The number of amides is 1. The number of hydrogen-bond acceptors (Lipinski definition) is 8. The molecule has 4 aromatic rings. The predicted molar refractivity (Wildman–Crippen MR) is 123 cm³/mol. The van der Waals surface area contributed by atoms with E-state index in [-0.39, 0.29) is 5.82 Å². The number of nitrogens with one attached hydrogen (secondary N) is 1. The first-order valence-corrected chi connectivity index (χ1v) is 10.7. The van der Waals surface area contributed by atoms with E-state index in [0.717, 1.165) is 10.6 Å². The van der Waals surface area contributed by atoms with Crippen molar-refractivity contribution in [3.63, 3.8) is 0 Å². The van der Waals surface area contributed by atoms with Crippen LogP contribution >= 0.6 is 11.3 Å². The monoisotopic (exact) mass is 464 g/mol. The van der Waals surface area contributed by atoms with Crippen LogP contribution in [-0.2, 0) is 9.53 Å². The van der Waals surface area contributed by atoms with E-state index < -0.39 is 18.5 Å². The number of carbonyl (C=O) groups excluding carboxylic acids is 2. The highest BCUT2D eigenvalue weighted by molar-refractivity contribution is 7.13. The van der Waals surface area contributed by atoms with Gasteiger partial charge in [-0.25, -0.2) is 9.48 Å². The summed E-state index contributed by atoms with van der Waals surface area (Å²) in [5.74, 6) is 0.0237. The Hall–Kier alpha value is -4.18. The maximum absolute atomic E-state index is 12.6. The van der Waals surface area contributed by atoms with Crippen LogP contribution in [0, 0.1) is 0 Å². The van der Waals surface area contributed by atoms with Gasteiger partial charge in [0, 0.05) is 6.07 Å². The smallest absolute Gasteiger partial charge is 0.378 e. The number of ether oxygens (including phenoxy) is 3. The first kappa shape index (κ1) is 22.0. The van der Waals surface area contributed by atoms with E-state index in [2.05, 4.69) is 15.4 Å². The molecular weight excluding hydrogens is 444 g/mol. The molecule has 0 unspecified atom stereocenters. The number of aromatic nitrogens is 3. The molecule has 2 heterocycles. The topological polar surface area (TPSA) is 105 Å². The molecule has 0 radical (unpaired) electrons. The molecule has 168 valence electrons. The number of rotatable bonds is 8. The molecule has 2 aromatic heterocycles. The van der Waals surface area contributed by atoms with Crippen LogP contribution in [-0.4, -0.2) is 47.5 Å². The molecule has 0 fully saturated rings. The second-order valence-electron chi connectivity index (χ2n) is 6.67. The fourth-order valence-electron chi connectivity index (χ4n) is 3.00. The Morgan fingerprint density at radius 1 is 1.03 bits per heavy atom. The quantitative estimate of drug-likeness (QED) is 0.395. The van der Waals surface area contributed by atoms with Gasteiger partial charge in [0.2, 0.25) is 0 Å². The highest BCUT2D eigenvalue weighted by atomic mass is 32.1. The minimum atomic E-state index is -0.806. The van der Waals surface area contributed by atoms with E-state index >= 15 is 0 Å². The summed E-state index contributed by atoms with van der Waals surface area (Å²) in [6.45, 7) is -0.512. The van der Waals surface area contributed by atoms with Gasteiger partial charge in [-0.05, 0) is 35.7 Å². The fraction of sp³-hybridized carbons (Fsp3) is 0.130. The van der Waals surface area contributed by atoms with Crippen LogP contribution < -0.4 is 14.8 Å². The average molecular weight is 465 g/mol. The third-order valence-electron chi connectivity index (χ3n) is 4.55. The van der Waals surface area contributed by atoms with Crippen LogP contribution in [0.25, 0.3) is 16.4 Å². The van der Waals surface area contributed by atoms with Crippen molar-refractivity contribution in [1.29, 1.82) is 0 Å². The number of anilines is 1. The van der Waals surface area contributed by atoms with Crippen LogP contribution in [0.2, 0.25) is 0 Å². The maximum Gasteiger partial charge on any atom is 0.378 e. The summed E-state index contributed by atoms with van der Waals surface area (Å²) < 4.78 is 17.1. The molecule has 1 N–H and O–H groups in total. The molecule has 0 aliphatic heterocycles. The van der Waals surface area contributed by atoms with Gasteiger partial charge in [-0.3, -0.25) is 4.79 Å². The maximum atomic E-state index is 12.6. The Morgan fingerprint density at radius 3 is 2.55 bits per heavy atom. The zero-order valence-electron chi connectivity index (χ0n) is 17.8. The summed E-state index contributed by atoms with van der Waals surface area (Å²) in [5.41, 5.74) is 1.17. The fourth-order valence-corrected chi connectivity index (χ4v) is 3.70. The number of methoxy groups -OCH3 is 2. The Labute approximate surface area is 193 Å². The number of esters is 1. The summed E-state index contributed by atoms with van der Waals surface area (Å²) in [6.07, 6.45) is 0. The van der Waals surface area contributed by atoms with Crippen molar-refractivity contribution in [2.75, 3.05) is 26.1 Å².